The number of benzene rings is 1. The Morgan fingerprint density at radius 2 is 1.90 bits per heavy atom. The standard InChI is InChI=1S/C19H19F3N2O3S2/c1-18(2,3)29(26)24-11-12-7-5-9-14(19(20,21)22)15(12)28-16-13(17(25)27-4)8-6-10-23-16/h5-11H,1-4H3/b24-11-. The highest BCUT2D eigenvalue weighted by Gasteiger charge is 2.35. The summed E-state index contributed by atoms with van der Waals surface area (Å²) >= 11 is 0.675. The highest BCUT2D eigenvalue weighted by molar-refractivity contribution is 7.99. The molecule has 0 N–H and O–H groups in total. The van der Waals surface area contributed by atoms with Crippen LogP contribution in [0.4, 0.5) is 13.2 Å². The maximum absolute atomic E-state index is 13.6. The second-order valence-electron chi connectivity index (χ2n) is 6.77. The van der Waals surface area contributed by atoms with Crippen molar-refractivity contribution in [1.29, 1.82) is 0 Å². The zero-order valence-corrected chi connectivity index (χ0v) is 17.7. The number of halogens is 3. The minimum atomic E-state index is -4.64. The molecule has 0 spiro atoms. The molecule has 0 aliphatic rings. The number of esters is 1. The Bertz CT molecular complexity index is 954. The molecule has 0 aliphatic carbocycles. The number of nitrogens with zero attached hydrogens (tertiary/aromatic N) is 2. The van der Waals surface area contributed by atoms with Gasteiger partial charge in [-0.05, 0) is 39.0 Å². The molecule has 1 unspecified atom stereocenters. The number of hydrogen-bond acceptors (Lipinski definition) is 5. The number of methoxy groups -OCH3 is 1. The fourth-order valence-corrected chi connectivity index (χ4v) is 3.72. The third kappa shape index (κ3) is 5.89. The van der Waals surface area contributed by atoms with Crippen molar-refractivity contribution in [3.05, 3.63) is 53.2 Å². The van der Waals surface area contributed by atoms with E-state index < -0.39 is 33.4 Å². The monoisotopic (exact) mass is 444 g/mol. The van der Waals surface area contributed by atoms with Crippen LogP contribution in [-0.2, 0) is 21.9 Å². The lowest BCUT2D eigenvalue weighted by molar-refractivity contribution is -0.139. The van der Waals surface area contributed by atoms with E-state index in [-0.39, 0.29) is 21.0 Å². The van der Waals surface area contributed by atoms with E-state index in [1.54, 1.807) is 20.8 Å². The third-order valence-corrected chi connectivity index (χ3v) is 6.06. The number of aromatic nitrogens is 1. The first-order chi connectivity index (χ1) is 13.4. The predicted molar refractivity (Wildman–Crippen MR) is 107 cm³/mol. The van der Waals surface area contributed by atoms with Gasteiger partial charge in [0.25, 0.3) is 0 Å². The molecule has 29 heavy (non-hydrogen) atoms. The van der Waals surface area contributed by atoms with Gasteiger partial charge in [0.2, 0.25) is 0 Å². The maximum atomic E-state index is 13.6. The molecular formula is C19H19F3N2O3S2. The van der Waals surface area contributed by atoms with Crippen LogP contribution in [0.15, 0.2) is 50.8 Å². The quantitative estimate of drug-likeness (QED) is 0.484. The summed E-state index contributed by atoms with van der Waals surface area (Å²) in [5, 5.41) is 0.0580. The first-order valence-electron chi connectivity index (χ1n) is 8.32. The van der Waals surface area contributed by atoms with Crippen LogP contribution in [-0.4, -0.2) is 33.2 Å². The van der Waals surface area contributed by atoms with E-state index in [1.807, 2.05) is 0 Å². The average molecular weight is 445 g/mol. The molecule has 0 saturated carbocycles. The Hall–Kier alpha value is -2.20. The van der Waals surface area contributed by atoms with Crippen LogP contribution in [0.2, 0.25) is 0 Å². The van der Waals surface area contributed by atoms with Gasteiger partial charge in [-0.25, -0.2) is 14.0 Å². The van der Waals surface area contributed by atoms with Crippen LogP contribution in [0.3, 0.4) is 0 Å². The van der Waals surface area contributed by atoms with Gasteiger partial charge in [-0.1, -0.05) is 23.9 Å². The van der Waals surface area contributed by atoms with E-state index in [1.165, 1.54) is 37.6 Å². The summed E-state index contributed by atoms with van der Waals surface area (Å²) in [6, 6.07) is 6.51. The van der Waals surface area contributed by atoms with Gasteiger partial charge in [0, 0.05) is 22.9 Å². The van der Waals surface area contributed by atoms with Crippen LogP contribution in [0.25, 0.3) is 0 Å². The molecule has 2 rings (SSSR count). The van der Waals surface area contributed by atoms with Gasteiger partial charge in [-0.15, -0.1) is 0 Å². The molecular weight excluding hydrogens is 425 g/mol. The van der Waals surface area contributed by atoms with Gasteiger partial charge in [0.15, 0.2) is 0 Å². The number of carbonyl (C=O) groups excluding carboxylic acids is 1. The molecule has 1 aromatic carbocycles. The normalized spacial score (nSPS) is 13.5. The lowest BCUT2D eigenvalue weighted by atomic mass is 10.1. The number of rotatable bonds is 5. The van der Waals surface area contributed by atoms with Gasteiger partial charge in [0.05, 0.1) is 23.0 Å². The van der Waals surface area contributed by atoms with E-state index >= 15 is 0 Å². The predicted octanol–water partition coefficient (Wildman–Crippen LogP) is 4.92. The molecule has 0 bridgehead atoms. The van der Waals surface area contributed by atoms with Crippen molar-refractivity contribution >= 4 is 34.9 Å². The van der Waals surface area contributed by atoms with Gasteiger partial charge >= 0.3 is 12.1 Å². The molecule has 0 fully saturated rings. The van der Waals surface area contributed by atoms with Crippen molar-refractivity contribution in [3.63, 3.8) is 0 Å². The van der Waals surface area contributed by atoms with Crippen LogP contribution in [0.5, 0.6) is 0 Å². The van der Waals surface area contributed by atoms with Gasteiger partial charge in [0.1, 0.15) is 16.0 Å². The van der Waals surface area contributed by atoms with Crippen molar-refractivity contribution in [2.24, 2.45) is 4.40 Å². The lowest BCUT2D eigenvalue weighted by Gasteiger charge is -2.16. The van der Waals surface area contributed by atoms with Crippen LogP contribution in [0.1, 0.15) is 42.3 Å². The Balaban J connectivity index is 2.59. The zero-order valence-electron chi connectivity index (χ0n) is 16.1. The molecule has 1 heterocycles. The second-order valence-corrected chi connectivity index (χ2v) is 9.70. The zero-order chi connectivity index (χ0) is 21.8. The van der Waals surface area contributed by atoms with E-state index in [0.29, 0.717) is 11.8 Å². The summed E-state index contributed by atoms with van der Waals surface area (Å²) in [7, 11) is -0.470. The molecule has 156 valence electrons. The molecule has 0 saturated heterocycles. The first-order valence-corrected chi connectivity index (χ1v) is 10.2. The number of ether oxygens (including phenoxy) is 1. The average Bonchev–Trinajstić information content (AvgIpc) is 2.65. The smallest absolute Gasteiger partial charge is 0.417 e. The second kappa shape index (κ2) is 9.08. The van der Waals surface area contributed by atoms with Crippen molar-refractivity contribution in [3.8, 4) is 0 Å². The van der Waals surface area contributed by atoms with E-state index in [2.05, 4.69) is 14.1 Å². The number of hydrogen-bond donors (Lipinski definition) is 0. The van der Waals surface area contributed by atoms with E-state index in [4.69, 9.17) is 0 Å². The minimum Gasteiger partial charge on any atom is -0.465 e. The summed E-state index contributed by atoms with van der Waals surface area (Å²) in [6.45, 7) is 5.12. The fraction of sp³-hybridized carbons (Fsp3) is 0.316. The van der Waals surface area contributed by atoms with Crippen molar-refractivity contribution in [2.75, 3.05) is 7.11 Å². The van der Waals surface area contributed by atoms with Gasteiger partial charge in [-0.3, -0.25) is 0 Å². The topological polar surface area (TPSA) is 68.6 Å². The van der Waals surface area contributed by atoms with E-state index in [0.717, 1.165) is 12.3 Å². The lowest BCUT2D eigenvalue weighted by Crippen LogP contribution is -2.19. The number of alkyl halides is 3. The summed E-state index contributed by atoms with van der Waals surface area (Å²) in [4.78, 5) is 15.8. The van der Waals surface area contributed by atoms with E-state index in [9.17, 15) is 22.2 Å². The molecule has 0 radical (unpaired) electrons. The highest BCUT2D eigenvalue weighted by atomic mass is 32.2. The molecule has 2 aromatic rings. The summed E-state index contributed by atoms with van der Waals surface area (Å²) in [5.74, 6) is -0.714. The number of pyridine rings is 1. The van der Waals surface area contributed by atoms with Gasteiger partial charge in [-0.2, -0.15) is 17.6 Å². The summed E-state index contributed by atoms with van der Waals surface area (Å²) in [6.07, 6.45) is -2.12. The van der Waals surface area contributed by atoms with Crippen LogP contribution in [0, 0.1) is 0 Å². The Morgan fingerprint density at radius 1 is 1.21 bits per heavy atom. The molecule has 0 amide bonds. The highest BCUT2D eigenvalue weighted by Crippen LogP contribution is 2.41. The third-order valence-electron chi connectivity index (χ3n) is 3.54. The molecule has 5 nitrogen and oxygen atoms in total. The van der Waals surface area contributed by atoms with Crippen LogP contribution >= 0.6 is 11.8 Å². The Morgan fingerprint density at radius 3 is 2.48 bits per heavy atom. The summed E-state index contributed by atoms with van der Waals surface area (Å²) < 4.78 is 61.0. The first kappa shape index (κ1) is 23.1. The molecule has 10 heteroatoms. The Labute approximate surface area is 173 Å². The van der Waals surface area contributed by atoms with Crippen LogP contribution < -0.4 is 0 Å². The molecule has 1 aromatic heterocycles. The molecule has 0 aliphatic heterocycles. The fourth-order valence-electron chi connectivity index (χ4n) is 2.09. The van der Waals surface area contributed by atoms with Gasteiger partial charge < -0.3 is 4.74 Å². The Kier molecular flexibility index (Phi) is 7.23. The maximum Gasteiger partial charge on any atom is 0.417 e. The largest absolute Gasteiger partial charge is 0.465 e. The summed E-state index contributed by atoms with van der Waals surface area (Å²) in [5.41, 5.74) is -0.753. The SMILES string of the molecule is COC(=O)c1cccnc1Sc1c(/C=N\S(=O)C(C)(C)C)cccc1C(F)(F)F. The molecule has 1 atom stereocenters. The number of carbonyl (C=O) groups is 1. The van der Waals surface area contributed by atoms with Crippen molar-refractivity contribution < 1.29 is 26.9 Å². The minimum absolute atomic E-state index is 0.0399. The van der Waals surface area contributed by atoms with Crippen molar-refractivity contribution in [2.45, 2.75) is 41.6 Å². The van der Waals surface area contributed by atoms with Crippen molar-refractivity contribution in [1.82, 2.24) is 4.98 Å².